The van der Waals surface area contributed by atoms with Crippen molar-refractivity contribution in [3.05, 3.63) is 55.0 Å². The summed E-state index contributed by atoms with van der Waals surface area (Å²) >= 11 is 0. The maximum atomic E-state index is 12.5. The van der Waals surface area contributed by atoms with Crippen molar-refractivity contribution in [2.75, 3.05) is 5.32 Å². The lowest BCUT2D eigenvalue weighted by atomic mass is 9.85. The van der Waals surface area contributed by atoms with Gasteiger partial charge in [0.05, 0.1) is 17.6 Å². The molecular formula is C18H18N6O. The van der Waals surface area contributed by atoms with E-state index in [1.807, 2.05) is 16.9 Å². The average Bonchev–Trinajstić information content (AvgIpc) is 3.06. The molecule has 1 amide bonds. The molecule has 0 radical (unpaired) electrons. The van der Waals surface area contributed by atoms with E-state index in [1.54, 1.807) is 30.7 Å². The van der Waals surface area contributed by atoms with Crippen molar-refractivity contribution in [3.63, 3.8) is 0 Å². The van der Waals surface area contributed by atoms with Gasteiger partial charge in [-0.3, -0.25) is 9.48 Å². The third-order valence-corrected chi connectivity index (χ3v) is 4.40. The SMILES string of the molecule is O=C(Nc1cnn(CC2CCC2)c1)c1cccc(-c2cncnc2)n1. The Bertz CT molecular complexity index is 872. The Kier molecular flexibility index (Phi) is 4.20. The zero-order valence-electron chi connectivity index (χ0n) is 13.7. The van der Waals surface area contributed by atoms with Crippen LogP contribution >= 0.6 is 0 Å². The molecule has 0 aromatic carbocycles. The number of hydrogen-bond acceptors (Lipinski definition) is 5. The van der Waals surface area contributed by atoms with Crippen LogP contribution in [-0.2, 0) is 6.54 Å². The number of pyridine rings is 1. The van der Waals surface area contributed by atoms with Gasteiger partial charge in [-0.25, -0.2) is 15.0 Å². The van der Waals surface area contributed by atoms with E-state index in [-0.39, 0.29) is 5.91 Å². The summed E-state index contributed by atoms with van der Waals surface area (Å²) in [5.74, 6) is 0.455. The first-order valence-electron chi connectivity index (χ1n) is 8.34. The summed E-state index contributed by atoms with van der Waals surface area (Å²) in [6, 6.07) is 5.30. The summed E-state index contributed by atoms with van der Waals surface area (Å²) in [5, 5.41) is 7.17. The van der Waals surface area contributed by atoms with E-state index in [1.165, 1.54) is 25.6 Å². The monoisotopic (exact) mass is 334 g/mol. The standard InChI is InChI=1S/C18H18N6O/c25-18(22-15-9-21-24(11-15)10-13-3-1-4-13)17-6-2-5-16(23-17)14-7-19-12-20-8-14/h2,5-9,11-13H,1,3-4,10H2,(H,22,25). The third kappa shape index (κ3) is 3.55. The molecule has 25 heavy (non-hydrogen) atoms. The van der Waals surface area contributed by atoms with Crippen LogP contribution < -0.4 is 5.32 Å². The summed E-state index contributed by atoms with van der Waals surface area (Å²) in [6.07, 6.45) is 12.2. The van der Waals surface area contributed by atoms with Crippen LogP contribution in [-0.4, -0.2) is 30.6 Å². The number of nitrogens with one attached hydrogen (secondary N) is 1. The van der Waals surface area contributed by atoms with Crippen LogP contribution in [0.3, 0.4) is 0 Å². The molecule has 0 saturated heterocycles. The summed E-state index contributed by atoms with van der Waals surface area (Å²) in [7, 11) is 0. The highest BCUT2D eigenvalue weighted by Crippen LogP contribution is 2.27. The molecule has 0 spiro atoms. The zero-order chi connectivity index (χ0) is 17.1. The number of anilines is 1. The molecule has 0 aliphatic heterocycles. The van der Waals surface area contributed by atoms with Gasteiger partial charge < -0.3 is 5.32 Å². The first-order valence-corrected chi connectivity index (χ1v) is 8.34. The van der Waals surface area contributed by atoms with E-state index < -0.39 is 0 Å². The smallest absolute Gasteiger partial charge is 0.274 e. The van der Waals surface area contributed by atoms with Gasteiger partial charge in [0.15, 0.2) is 0 Å². The highest BCUT2D eigenvalue weighted by atomic mass is 16.1. The van der Waals surface area contributed by atoms with E-state index in [4.69, 9.17) is 0 Å². The van der Waals surface area contributed by atoms with Crippen LogP contribution in [0.15, 0.2) is 49.3 Å². The molecule has 3 heterocycles. The van der Waals surface area contributed by atoms with E-state index in [0.29, 0.717) is 17.1 Å². The van der Waals surface area contributed by atoms with E-state index >= 15 is 0 Å². The quantitative estimate of drug-likeness (QED) is 0.775. The third-order valence-electron chi connectivity index (χ3n) is 4.40. The van der Waals surface area contributed by atoms with Crippen molar-refractivity contribution in [1.29, 1.82) is 0 Å². The molecule has 3 aromatic rings. The number of carbonyl (C=O) groups is 1. The Labute approximate surface area is 145 Å². The van der Waals surface area contributed by atoms with E-state index in [2.05, 4.69) is 25.4 Å². The second kappa shape index (κ2) is 6.80. The van der Waals surface area contributed by atoms with Crippen molar-refractivity contribution in [2.24, 2.45) is 5.92 Å². The second-order valence-corrected chi connectivity index (χ2v) is 6.24. The molecule has 126 valence electrons. The Hall–Kier alpha value is -3.09. The van der Waals surface area contributed by atoms with Crippen LogP contribution in [0.2, 0.25) is 0 Å². The number of amides is 1. The maximum Gasteiger partial charge on any atom is 0.274 e. The number of aromatic nitrogens is 5. The van der Waals surface area contributed by atoms with Gasteiger partial charge in [-0.05, 0) is 30.9 Å². The first-order chi connectivity index (χ1) is 12.3. The van der Waals surface area contributed by atoms with Crippen molar-refractivity contribution < 1.29 is 4.79 Å². The molecular weight excluding hydrogens is 316 g/mol. The Morgan fingerprint density at radius 1 is 1.20 bits per heavy atom. The lowest BCUT2D eigenvalue weighted by molar-refractivity contribution is 0.102. The van der Waals surface area contributed by atoms with E-state index in [0.717, 1.165) is 18.0 Å². The lowest BCUT2D eigenvalue weighted by Crippen LogP contribution is -2.18. The zero-order valence-corrected chi connectivity index (χ0v) is 13.7. The summed E-state index contributed by atoms with van der Waals surface area (Å²) < 4.78 is 1.89. The minimum atomic E-state index is -0.262. The topological polar surface area (TPSA) is 85.6 Å². The molecule has 1 saturated carbocycles. The van der Waals surface area contributed by atoms with Gasteiger partial charge in [0, 0.05) is 30.7 Å². The van der Waals surface area contributed by atoms with Crippen molar-refractivity contribution in [1.82, 2.24) is 24.7 Å². The fraction of sp³-hybridized carbons (Fsp3) is 0.278. The van der Waals surface area contributed by atoms with E-state index in [9.17, 15) is 4.79 Å². The highest BCUT2D eigenvalue weighted by Gasteiger charge is 2.18. The van der Waals surface area contributed by atoms with Crippen LogP contribution in [0.25, 0.3) is 11.3 Å². The average molecular weight is 334 g/mol. The fourth-order valence-corrected chi connectivity index (χ4v) is 2.82. The normalized spacial score (nSPS) is 14.1. The van der Waals surface area contributed by atoms with Gasteiger partial charge in [-0.1, -0.05) is 12.5 Å². The molecule has 1 aliphatic rings. The van der Waals surface area contributed by atoms with Crippen LogP contribution in [0.1, 0.15) is 29.8 Å². The molecule has 0 bridgehead atoms. The number of nitrogens with zero attached hydrogens (tertiary/aromatic N) is 5. The first kappa shape index (κ1) is 15.4. The number of hydrogen-bond donors (Lipinski definition) is 1. The van der Waals surface area contributed by atoms with Gasteiger partial charge in [-0.2, -0.15) is 5.10 Å². The van der Waals surface area contributed by atoms with Gasteiger partial charge in [-0.15, -0.1) is 0 Å². The molecule has 1 N–H and O–H groups in total. The van der Waals surface area contributed by atoms with Gasteiger partial charge >= 0.3 is 0 Å². The number of rotatable bonds is 5. The van der Waals surface area contributed by atoms with Gasteiger partial charge in [0.1, 0.15) is 12.0 Å². The van der Waals surface area contributed by atoms with Crippen molar-refractivity contribution in [2.45, 2.75) is 25.8 Å². The second-order valence-electron chi connectivity index (χ2n) is 6.24. The molecule has 1 aliphatic carbocycles. The van der Waals surface area contributed by atoms with Crippen LogP contribution in [0.4, 0.5) is 5.69 Å². The molecule has 0 unspecified atom stereocenters. The predicted octanol–water partition coefficient (Wildman–Crippen LogP) is 2.79. The number of carbonyl (C=O) groups excluding carboxylic acids is 1. The summed E-state index contributed by atoms with van der Waals surface area (Å²) in [6.45, 7) is 0.914. The molecule has 1 fully saturated rings. The molecule has 3 aromatic heterocycles. The highest BCUT2D eigenvalue weighted by molar-refractivity contribution is 6.03. The molecule has 0 atom stereocenters. The molecule has 7 nitrogen and oxygen atoms in total. The van der Waals surface area contributed by atoms with Crippen LogP contribution in [0, 0.1) is 5.92 Å². The lowest BCUT2D eigenvalue weighted by Gasteiger charge is -2.24. The van der Waals surface area contributed by atoms with Gasteiger partial charge in [0.2, 0.25) is 0 Å². The molecule has 4 rings (SSSR count). The van der Waals surface area contributed by atoms with Crippen LogP contribution in [0.5, 0.6) is 0 Å². The molecule has 7 heteroatoms. The maximum absolute atomic E-state index is 12.5. The summed E-state index contributed by atoms with van der Waals surface area (Å²) in [4.78, 5) is 24.8. The Morgan fingerprint density at radius 2 is 2.04 bits per heavy atom. The Balaban J connectivity index is 1.46. The predicted molar refractivity (Wildman–Crippen MR) is 92.8 cm³/mol. The van der Waals surface area contributed by atoms with Gasteiger partial charge in [0.25, 0.3) is 5.91 Å². The minimum absolute atomic E-state index is 0.262. The Morgan fingerprint density at radius 3 is 2.80 bits per heavy atom. The van der Waals surface area contributed by atoms with Crippen molar-refractivity contribution in [3.8, 4) is 11.3 Å². The minimum Gasteiger partial charge on any atom is -0.318 e. The largest absolute Gasteiger partial charge is 0.318 e. The fourth-order valence-electron chi connectivity index (χ4n) is 2.82. The van der Waals surface area contributed by atoms with Crippen molar-refractivity contribution >= 4 is 11.6 Å². The summed E-state index contributed by atoms with van der Waals surface area (Å²) in [5.41, 5.74) is 2.45.